The molecule has 0 saturated heterocycles. The molecular formula is C2H4N2O. The Bertz CT molecular complexity index is 54.7. The van der Waals surface area contributed by atoms with Crippen molar-refractivity contribution in [2.75, 3.05) is 7.11 Å². The molecule has 28 valence electrons. The van der Waals surface area contributed by atoms with Crippen LogP contribution >= 0.6 is 0 Å². The topological polar surface area (TPSA) is 45.6 Å². The highest BCUT2D eigenvalue weighted by molar-refractivity contribution is 5.37. The van der Waals surface area contributed by atoms with Crippen LogP contribution in [0.25, 0.3) is 5.53 Å². The minimum atomic E-state index is 0.931. The number of nitrogens with zero attached hydrogens (tertiary/aromatic N) is 2. The summed E-state index contributed by atoms with van der Waals surface area (Å²) in [5.41, 5.74) is 7.51. The van der Waals surface area contributed by atoms with Gasteiger partial charge in [0.05, 0.1) is 7.11 Å². The van der Waals surface area contributed by atoms with Crippen molar-refractivity contribution in [3.8, 4) is 0 Å². The van der Waals surface area contributed by atoms with Crippen molar-refractivity contribution in [1.82, 2.24) is 0 Å². The molecule has 0 amide bonds. The summed E-state index contributed by atoms with van der Waals surface area (Å²) in [5.74, 6) is 0. The lowest BCUT2D eigenvalue weighted by Gasteiger charge is -1.64. The van der Waals surface area contributed by atoms with Crippen LogP contribution in [0.2, 0.25) is 0 Å². The summed E-state index contributed by atoms with van der Waals surface area (Å²) in [4.78, 5) is 2.51. The third-order valence-corrected chi connectivity index (χ3v) is 0.153. The Balaban J connectivity index is 2.93. The molecular weight excluding hydrogens is 68.0 g/mol. The van der Waals surface area contributed by atoms with E-state index in [4.69, 9.17) is 5.53 Å². The molecule has 0 aromatic rings. The maximum Gasteiger partial charge on any atom is 0.438 e. The molecule has 0 radical (unpaired) electrons. The third-order valence-electron chi connectivity index (χ3n) is 0.153. The van der Waals surface area contributed by atoms with Crippen molar-refractivity contribution in [1.29, 1.82) is 0 Å². The predicted octanol–water partition coefficient (Wildman–Crippen LogP) is -0.109. The molecule has 0 atom stereocenters. The van der Waals surface area contributed by atoms with Gasteiger partial charge in [-0.05, 0) is 0 Å². The first-order valence-electron chi connectivity index (χ1n) is 1.10. The van der Waals surface area contributed by atoms with Gasteiger partial charge in [0.25, 0.3) is 0 Å². The molecule has 0 heterocycles. The Labute approximate surface area is 29.8 Å². The zero-order valence-electron chi connectivity index (χ0n) is 2.88. The van der Waals surface area contributed by atoms with Crippen LogP contribution in [0.1, 0.15) is 0 Å². The summed E-state index contributed by atoms with van der Waals surface area (Å²) in [6.07, 6.45) is 0.931. The van der Waals surface area contributed by atoms with Gasteiger partial charge in [-0.2, -0.15) is 0 Å². The average molecular weight is 72.1 g/mol. The molecule has 0 saturated carbocycles. The monoisotopic (exact) mass is 72.0 g/mol. The highest BCUT2D eigenvalue weighted by Gasteiger charge is 1.55. The highest BCUT2D eigenvalue weighted by Crippen LogP contribution is 1.37. The number of ether oxygens (including phenoxy) is 1. The molecule has 0 aliphatic heterocycles. The van der Waals surface area contributed by atoms with Gasteiger partial charge in [0, 0.05) is 0 Å². The summed E-state index contributed by atoms with van der Waals surface area (Å²) in [5, 5.41) is 0. The fourth-order valence-electron chi connectivity index (χ4n) is 0.0471. The second kappa shape index (κ2) is 3.18. The van der Waals surface area contributed by atoms with Gasteiger partial charge < -0.3 is 10.3 Å². The fraction of sp³-hybridized carbons (Fsp3) is 0.500. The molecule has 0 rings (SSSR count). The fourth-order valence-corrected chi connectivity index (χ4v) is 0.0471. The molecule has 0 aliphatic carbocycles. The molecule has 3 nitrogen and oxygen atoms in total. The normalized spacial score (nSPS) is 5.00. The molecule has 0 aliphatic rings. The quantitative estimate of drug-likeness (QED) is 0.184. The summed E-state index contributed by atoms with van der Waals surface area (Å²) >= 11 is 0. The first-order valence-corrected chi connectivity index (χ1v) is 1.10. The van der Waals surface area contributed by atoms with Crippen LogP contribution in [-0.4, -0.2) is 18.3 Å². The molecule has 0 fully saturated rings. The van der Waals surface area contributed by atoms with Crippen molar-refractivity contribution < 1.29 is 9.53 Å². The van der Waals surface area contributed by atoms with Gasteiger partial charge >= 0.3 is 6.40 Å². The molecule has 0 N–H and O–H groups in total. The minimum absolute atomic E-state index is 0.931. The van der Waals surface area contributed by atoms with Gasteiger partial charge in [-0.1, -0.05) is 0 Å². The van der Waals surface area contributed by atoms with Gasteiger partial charge in [-0.25, -0.2) is 0 Å². The molecule has 0 bridgehead atoms. The minimum Gasteiger partial charge on any atom is -0.441 e. The van der Waals surface area contributed by atoms with E-state index in [1.54, 1.807) is 0 Å². The van der Waals surface area contributed by atoms with E-state index < -0.39 is 0 Å². The summed E-state index contributed by atoms with van der Waals surface area (Å²) < 4.78 is 4.15. The van der Waals surface area contributed by atoms with E-state index in [9.17, 15) is 0 Å². The van der Waals surface area contributed by atoms with E-state index in [2.05, 4.69) is 9.53 Å². The van der Waals surface area contributed by atoms with E-state index in [1.165, 1.54) is 7.11 Å². The van der Waals surface area contributed by atoms with Gasteiger partial charge in [0.15, 0.2) is 0 Å². The van der Waals surface area contributed by atoms with Gasteiger partial charge in [-0.3, -0.25) is 0 Å². The van der Waals surface area contributed by atoms with E-state index in [-0.39, 0.29) is 0 Å². The maximum absolute atomic E-state index is 7.51. The zero-order chi connectivity index (χ0) is 4.12. The first kappa shape index (κ1) is 4.18. The maximum atomic E-state index is 7.51. The molecule has 5 heavy (non-hydrogen) atoms. The Morgan fingerprint density at radius 3 is 2.60 bits per heavy atom. The molecule has 0 aromatic carbocycles. The Morgan fingerprint density at radius 2 is 2.60 bits per heavy atom. The van der Waals surface area contributed by atoms with Crippen molar-refractivity contribution in [3.63, 3.8) is 0 Å². The van der Waals surface area contributed by atoms with E-state index >= 15 is 0 Å². The lowest BCUT2D eigenvalue weighted by Crippen LogP contribution is -1.72. The molecule has 0 spiro atoms. The molecule has 3 heteroatoms. The SMILES string of the molecule is COC=[N+]=[N-]. The lowest BCUT2D eigenvalue weighted by molar-refractivity contribution is -0.0225. The summed E-state index contributed by atoms with van der Waals surface area (Å²) in [7, 11) is 1.40. The van der Waals surface area contributed by atoms with Gasteiger partial charge in [-0.15, -0.1) is 4.79 Å². The summed E-state index contributed by atoms with van der Waals surface area (Å²) in [6, 6.07) is 0. The van der Waals surface area contributed by atoms with Crippen molar-refractivity contribution in [2.24, 2.45) is 0 Å². The van der Waals surface area contributed by atoms with Crippen LogP contribution in [0.4, 0.5) is 0 Å². The van der Waals surface area contributed by atoms with Crippen LogP contribution in [0.15, 0.2) is 0 Å². The van der Waals surface area contributed by atoms with Crippen LogP contribution in [-0.2, 0) is 4.74 Å². The largest absolute Gasteiger partial charge is 0.441 e. The van der Waals surface area contributed by atoms with E-state index in [1.807, 2.05) is 0 Å². The number of hydrogen-bond donors (Lipinski definition) is 0. The Hall–Kier alpha value is -0.820. The van der Waals surface area contributed by atoms with Crippen molar-refractivity contribution in [2.45, 2.75) is 0 Å². The zero-order valence-corrected chi connectivity index (χ0v) is 2.88. The van der Waals surface area contributed by atoms with E-state index in [0.29, 0.717) is 0 Å². The Kier molecular flexibility index (Phi) is 2.66. The van der Waals surface area contributed by atoms with Gasteiger partial charge in [0.2, 0.25) is 0 Å². The van der Waals surface area contributed by atoms with Crippen LogP contribution < -0.4 is 0 Å². The first-order chi connectivity index (χ1) is 2.41. The number of rotatable bonds is 1. The number of methoxy groups -OCH3 is 1. The molecule has 0 unspecified atom stereocenters. The van der Waals surface area contributed by atoms with Crippen molar-refractivity contribution in [3.05, 3.63) is 5.53 Å². The van der Waals surface area contributed by atoms with Crippen molar-refractivity contribution >= 4 is 6.40 Å². The molecule has 0 aromatic heterocycles. The van der Waals surface area contributed by atoms with Crippen LogP contribution in [0, 0.1) is 0 Å². The lowest BCUT2D eigenvalue weighted by atomic mass is 11.4. The standard InChI is InChI=1S/C2H4N2O/c1-5-2-4-3/h2H,1H3. The highest BCUT2D eigenvalue weighted by atomic mass is 16.5. The van der Waals surface area contributed by atoms with Crippen LogP contribution in [0.5, 0.6) is 0 Å². The average Bonchev–Trinajstić information content (AvgIpc) is 1.41. The smallest absolute Gasteiger partial charge is 0.438 e. The second-order valence-corrected chi connectivity index (χ2v) is 0.457. The van der Waals surface area contributed by atoms with E-state index in [0.717, 1.165) is 6.40 Å². The third kappa shape index (κ3) is 3.18. The predicted molar refractivity (Wildman–Crippen MR) is 16.7 cm³/mol. The van der Waals surface area contributed by atoms with Crippen LogP contribution in [0.3, 0.4) is 0 Å². The number of hydrogen-bond acceptors (Lipinski definition) is 1. The summed E-state index contributed by atoms with van der Waals surface area (Å²) in [6.45, 7) is 0. The Morgan fingerprint density at radius 1 is 2.00 bits per heavy atom. The second-order valence-electron chi connectivity index (χ2n) is 0.457. The van der Waals surface area contributed by atoms with Gasteiger partial charge in [0.1, 0.15) is 0 Å².